The van der Waals surface area contributed by atoms with E-state index in [-0.39, 0.29) is 0 Å². The van der Waals surface area contributed by atoms with E-state index in [1.165, 1.54) is 17.5 Å². The summed E-state index contributed by atoms with van der Waals surface area (Å²) in [6, 6.07) is 4.12. The molecule has 1 aliphatic carbocycles. The van der Waals surface area contributed by atoms with E-state index in [1.807, 2.05) is 6.07 Å². The third kappa shape index (κ3) is 3.79. The summed E-state index contributed by atoms with van der Waals surface area (Å²) in [5.41, 5.74) is 6.97. The summed E-state index contributed by atoms with van der Waals surface area (Å²) in [4.78, 5) is 7.01. The third-order valence-electron chi connectivity index (χ3n) is 5.66. The first-order valence-corrected chi connectivity index (χ1v) is 9.69. The van der Waals surface area contributed by atoms with Crippen LogP contribution in [0.5, 0.6) is 0 Å². The number of guanidine groups is 1. The number of methoxy groups -OCH3 is 1. The van der Waals surface area contributed by atoms with Gasteiger partial charge < -0.3 is 25.3 Å². The predicted octanol–water partition coefficient (Wildman–Crippen LogP) is 2.27. The summed E-state index contributed by atoms with van der Waals surface area (Å²) in [6.45, 7) is 3.93. The Hall–Kier alpha value is -1.83. The zero-order valence-corrected chi connectivity index (χ0v) is 15.5. The van der Waals surface area contributed by atoms with E-state index in [0.29, 0.717) is 24.3 Å². The number of benzene rings is 1. The van der Waals surface area contributed by atoms with Gasteiger partial charge in [-0.25, -0.2) is 0 Å². The quantitative estimate of drug-likeness (QED) is 0.787. The average Bonchev–Trinajstić information content (AvgIpc) is 3.12. The van der Waals surface area contributed by atoms with Gasteiger partial charge in [-0.1, -0.05) is 0 Å². The van der Waals surface area contributed by atoms with Gasteiger partial charge in [0.05, 0.1) is 17.5 Å². The van der Waals surface area contributed by atoms with Gasteiger partial charge in [0.25, 0.3) is 0 Å². The lowest BCUT2D eigenvalue weighted by Gasteiger charge is -2.38. The fraction of sp³-hybridized carbons (Fsp3) is 0.632. The van der Waals surface area contributed by atoms with Crippen LogP contribution in [-0.4, -0.2) is 50.3 Å². The number of nitrogens with one attached hydrogen (secondary N) is 2. The monoisotopic (exact) mass is 358 g/mol. The van der Waals surface area contributed by atoms with Gasteiger partial charge in [0.2, 0.25) is 5.96 Å². The molecule has 2 aliphatic heterocycles. The minimum atomic E-state index is 0.423. The molecule has 7 nitrogen and oxygen atoms in total. The lowest BCUT2D eigenvalue weighted by Crippen LogP contribution is -2.46. The molecule has 1 aromatic carbocycles. The number of nitrogens with zero attached hydrogens (tertiary/aromatic N) is 3. The third-order valence-corrected chi connectivity index (χ3v) is 5.66. The van der Waals surface area contributed by atoms with Crippen molar-refractivity contribution < 1.29 is 4.74 Å². The molecule has 0 bridgehead atoms. The summed E-state index contributed by atoms with van der Waals surface area (Å²) in [7, 11) is 1.80. The number of rotatable bonds is 5. The molecular weight excluding hydrogens is 330 g/mol. The number of fused-ring (bicyclic) bond motifs is 2. The molecule has 0 amide bonds. The van der Waals surface area contributed by atoms with Crippen molar-refractivity contribution in [2.75, 3.05) is 43.8 Å². The molecule has 0 aromatic heterocycles. The van der Waals surface area contributed by atoms with Gasteiger partial charge in [0.15, 0.2) is 0 Å². The minimum Gasteiger partial charge on any atom is -0.739 e. The Morgan fingerprint density at radius 1 is 1.23 bits per heavy atom. The van der Waals surface area contributed by atoms with Crippen LogP contribution in [0.3, 0.4) is 0 Å². The molecule has 1 fully saturated rings. The van der Waals surface area contributed by atoms with Crippen molar-refractivity contribution in [2.24, 2.45) is 4.99 Å². The summed E-state index contributed by atoms with van der Waals surface area (Å²) in [5, 5.41) is 16.4. The van der Waals surface area contributed by atoms with E-state index < -0.39 is 0 Å². The van der Waals surface area contributed by atoms with Crippen molar-refractivity contribution in [3.05, 3.63) is 28.5 Å². The molecule has 0 radical (unpaired) electrons. The first kappa shape index (κ1) is 17.6. The standard InChI is InChI=1S/C19H28N5O2/c1-26-16-6-10-23(11-7-16)9-3-8-20-19-21-17-12-14-4-2-5-15(14)13-18(17)24(25)22-19/h12-13,16H,2-11H2,1H3,(H2,20,21,22)/q-1. The number of aryl methyl sites for hydroxylation is 2. The Morgan fingerprint density at radius 3 is 2.77 bits per heavy atom. The Labute approximate surface area is 155 Å². The van der Waals surface area contributed by atoms with Crippen molar-refractivity contribution in [2.45, 2.75) is 44.6 Å². The highest BCUT2D eigenvalue weighted by atomic mass is 16.5. The van der Waals surface area contributed by atoms with Crippen LogP contribution in [-0.2, 0) is 17.6 Å². The molecule has 0 spiro atoms. The number of anilines is 2. The Morgan fingerprint density at radius 2 is 2.00 bits per heavy atom. The molecule has 4 rings (SSSR count). The summed E-state index contributed by atoms with van der Waals surface area (Å²) in [6.07, 6.45) is 6.97. The number of hydrogen-bond donors (Lipinski definition) is 2. The van der Waals surface area contributed by atoms with Crippen molar-refractivity contribution in [1.29, 1.82) is 0 Å². The second-order valence-electron chi connectivity index (χ2n) is 7.38. The number of piperidine rings is 1. The van der Waals surface area contributed by atoms with Crippen LogP contribution in [0.2, 0.25) is 0 Å². The molecule has 142 valence electrons. The fourth-order valence-corrected chi connectivity index (χ4v) is 4.12. The van der Waals surface area contributed by atoms with Gasteiger partial charge in [-0.05, 0) is 68.3 Å². The van der Waals surface area contributed by atoms with E-state index in [1.54, 1.807) is 7.11 Å². The second kappa shape index (κ2) is 7.82. The number of hydrazine groups is 1. The van der Waals surface area contributed by atoms with E-state index in [4.69, 9.17) is 4.74 Å². The van der Waals surface area contributed by atoms with Gasteiger partial charge in [-0.3, -0.25) is 10.4 Å². The maximum absolute atomic E-state index is 12.3. The van der Waals surface area contributed by atoms with Crippen molar-refractivity contribution >= 4 is 17.3 Å². The molecule has 0 atom stereocenters. The maximum Gasteiger partial charge on any atom is 0.214 e. The second-order valence-corrected chi connectivity index (χ2v) is 7.38. The van der Waals surface area contributed by atoms with E-state index in [2.05, 4.69) is 26.7 Å². The Kier molecular flexibility index (Phi) is 5.28. The molecule has 2 N–H and O–H groups in total. The highest BCUT2D eigenvalue weighted by Gasteiger charge is 2.20. The van der Waals surface area contributed by atoms with Crippen LogP contribution in [0.25, 0.3) is 0 Å². The van der Waals surface area contributed by atoms with E-state index >= 15 is 0 Å². The molecule has 1 aromatic rings. The highest BCUT2D eigenvalue weighted by Crippen LogP contribution is 2.34. The van der Waals surface area contributed by atoms with E-state index in [0.717, 1.165) is 62.6 Å². The summed E-state index contributed by atoms with van der Waals surface area (Å²) >= 11 is 0. The minimum absolute atomic E-state index is 0.423. The van der Waals surface area contributed by atoms with Gasteiger partial charge in [-0.2, -0.15) is 0 Å². The van der Waals surface area contributed by atoms with Crippen LogP contribution in [0.1, 0.15) is 36.8 Å². The molecule has 26 heavy (non-hydrogen) atoms. The number of ether oxygens (including phenoxy) is 1. The predicted molar refractivity (Wildman–Crippen MR) is 104 cm³/mol. The van der Waals surface area contributed by atoms with E-state index in [9.17, 15) is 5.21 Å². The highest BCUT2D eigenvalue weighted by molar-refractivity contribution is 6.01. The maximum atomic E-state index is 12.3. The largest absolute Gasteiger partial charge is 0.739 e. The molecular formula is C19H28N5O2-. The van der Waals surface area contributed by atoms with Crippen molar-refractivity contribution in [1.82, 2.24) is 10.3 Å². The molecule has 0 saturated carbocycles. The normalized spacial score (nSPS) is 22.1. The van der Waals surface area contributed by atoms with Crippen LogP contribution >= 0.6 is 0 Å². The van der Waals surface area contributed by atoms with Crippen LogP contribution < -0.4 is 15.9 Å². The number of hydrogen-bond acceptors (Lipinski definition) is 5. The van der Waals surface area contributed by atoms with Gasteiger partial charge >= 0.3 is 0 Å². The van der Waals surface area contributed by atoms with Crippen LogP contribution in [0, 0.1) is 5.21 Å². The first-order chi connectivity index (χ1) is 12.7. The van der Waals surface area contributed by atoms with Crippen LogP contribution in [0.15, 0.2) is 17.1 Å². The first-order valence-electron chi connectivity index (χ1n) is 9.69. The molecule has 1 saturated heterocycles. The van der Waals surface area contributed by atoms with Gasteiger partial charge in [0, 0.05) is 26.7 Å². The number of likely N-dealkylation sites (tertiary alicyclic amines) is 1. The van der Waals surface area contributed by atoms with Gasteiger partial charge in [-0.15, -0.1) is 0 Å². The van der Waals surface area contributed by atoms with Crippen molar-refractivity contribution in [3.63, 3.8) is 0 Å². The Balaban J connectivity index is 1.29. The summed E-state index contributed by atoms with van der Waals surface area (Å²) < 4.78 is 5.41. The SMILES string of the molecule is COC1CCN(CCCN=C2Nc3cc4c(cc3N([O-])N2)CCC4)CC1. The fourth-order valence-electron chi connectivity index (χ4n) is 4.12. The zero-order chi connectivity index (χ0) is 17.9. The van der Waals surface area contributed by atoms with Crippen molar-refractivity contribution in [3.8, 4) is 0 Å². The smallest absolute Gasteiger partial charge is 0.214 e. The lowest BCUT2D eigenvalue weighted by atomic mass is 10.1. The topological polar surface area (TPSA) is 75.2 Å². The molecule has 7 heteroatoms. The Bertz CT molecular complexity index is 670. The summed E-state index contributed by atoms with van der Waals surface area (Å²) in [5.74, 6) is 0.545. The zero-order valence-electron chi connectivity index (χ0n) is 15.5. The molecule has 2 heterocycles. The number of aliphatic imine (C=N–C) groups is 1. The molecule has 0 unspecified atom stereocenters. The average molecular weight is 358 g/mol. The lowest BCUT2D eigenvalue weighted by molar-refractivity contribution is 0.0410. The molecule has 3 aliphatic rings. The van der Waals surface area contributed by atoms with Crippen LogP contribution in [0.4, 0.5) is 11.4 Å². The van der Waals surface area contributed by atoms with Gasteiger partial charge in [0.1, 0.15) is 0 Å².